The number of rotatable bonds is 6. The van der Waals surface area contributed by atoms with Crippen molar-refractivity contribution in [2.45, 2.75) is 6.18 Å². The number of aromatic nitrogens is 1. The van der Waals surface area contributed by atoms with Crippen LogP contribution in [-0.2, 0) is 0 Å². The van der Waals surface area contributed by atoms with Gasteiger partial charge in [-0.05, 0) is 30.3 Å². The van der Waals surface area contributed by atoms with Crippen LogP contribution in [0.4, 0.5) is 13.2 Å². The van der Waals surface area contributed by atoms with Gasteiger partial charge in [0.25, 0.3) is 11.8 Å². The van der Waals surface area contributed by atoms with Gasteiger partial charge in [0.05, 0.1) is 14.2 Å². The zero-order chi connectivity index (χ0) is 20.7. The van der Waals surface area contributed by atoms with Gasteiger partial charge in [-0.2, -0.15) is 13.2 Å². The summed E-state index contributed by atoms with van der Waals surface area (Å²) in [5.74, 6) is -1.39. The molecule has 0 aliphatic rings. The highest BCUT2D eigenvalue weighted by molar-refractivity contribution is 6.00. The van der Waals surface area contributed by atoms with Gasteiger partial charge in [-0.1, -0.05) is 0 Å². The Bertz CT molecular complexity index is 858. The third-order valence-corrected chi connectivity index (χ3v) is 3.32. The molecule has 1 heterocycles. The van der Waals surface area contributed by atoms with Crippen molar-refractivity contribution >= 4 is 11.8 Å². The van der Waals surface area contributed by atoms with Crippen molar-refractivity contribution in [1.29, 1.82) is 0 Å². The second-order valence-electron chi connectivity index (χ2n) is 5.24. The van der Waals surface area contributed by atoms with Crippen molar-refractivity contribution in [3.8, 4) is 17.4 Å². The van der Waals surface area contributed by atoms with E-state index in [1.165, 1.54) is 50.7 Å². The lowest BCUT2D eigenvalue weighted by atomic mass is 10.2. The number of carbonyl (C=O) groups excluding carboxylic acids is 2. The molecule has 150 valence electrons. The molecular formula is C17H16F3N3O5. The summed E-state index contributed by atoms with van der Waals surface area (Å²) in [5.41, 5.74) is 4.11. The molecule has 1 aromatic carbocycles. The topological polar surface area (TPSA) is 98.8 Å². The number of carbonyl (C=O) groups is 2. The SMILES string of the molecule is COc1ccc(C(=O)NNC(=O)c2cccnc2OCC(F)(F)F)cc1OC. The number of alkyl halides is 3. The van der Waals surface area contributed by atoms with E-state index in [9.17, 15) is 22.8 Å². The van der Waals surface area contributed by atoms with Crippen LogP contribution >= 0.6 is 0 Å². The molecule has 0 aliphatic heterocycles. The minimum atomic E-state index is -4.59. The third-order valence-electron chi connectivity index (χ3n) is 3.32. The molecule has 0 saturated carbocycles. The molecule has 8 nitrogen and oxygen atoms in total. The van der Waals surface area contributed by atoms with Gasteiger partial charge in [0, 0.05) is 11.8 Å². The highest BCUT2D eigenvalue weighted by atomic mass is 19.4. The van der Waals surface area contributed by atoms with Crippen LogP contribution in [0.2, 0.25) is 0 Å². The van der Waals surface area contributed by atoms with Crippen molar-refractivity contribution in [1.82, 2.24) is 15.8 Å². The van der Waals surface area contributed by atoms with E-state index in [1.807, 2.05) is 0 Å². The average molecular weight is 399 g/mol. The standard InChI is InChI=1S/C17H16F3N3O5/c1-26-12-6-5-10(8-13(12)27-2)14(24)22-23-15(25)11-4-3-7-21-16(11)28-9-17(18,19)20/h3-8H,9H2,1-2H3,(H,22,24)(H,23,25). The fraction of sp³-hybridized carbons (Fsp3) is 0.235. The maximum absolute atomic E-state index is 12.3. The van der Waals surface area contributed by atoms with E-state index in [2.05, 4.69) is 20.6 Å². The normalized spacial score (nSPS) is 10.8. The van der Waals surface area contributed by atoms with Crippen LogP contribution in [0.15, 0.2) is 36.5 Å². The molecule has 0 unspecified atom stereocenters. The predicted molar refractivity (Wildman–Crippen MR) is 90.3 cm³/mol. The number of benzene rings is 1. The van der Waals surface area contributed by atoms with Crippen LogP contribution in [0.5, 0.6) is 17.4 Å². The number of nitrogens with zero attached hydrogens (tertiary/aromatic N) is 1. The second-order valence-corrected chi connectivity index (χ2v) is 5.24. The number of hydrogen-bond donors (Lipinski definition) is 2. The minimum Gasteiger partial charge on any atom is -0.493 e. The lowest BCUT2D eigenvalue weighted by Gasteiger charge is -2.13. The largest absolute Gasteiger partial charge is 0.493 e. The Morgan fingerprint density at radius 3 is 2.36 bits per heavy atom. The maximum atomic E-state index is 12.3. The van der Waals surface area contributed by atoms with Crippen LogP contribution < -0.4 is 25.1 Å². The first-order valence-corrected chi connectivity index (χ1v) is 7.72. The molecule has 1 aromatic heterocycles. The number of halogens is 3. The first-order chi connectivity index (χ1) is 13.2. The first-order valence-electron chi connectivity index (χ1n) is 7.72. The van der Waals surface area contributed by atoms with Crippen molar-refractivity contribution in [2.24, 2.45) is 0 Å². The van der Waals surface area contributed by atoms with Crippen molar-refractivity contribution in [2.75, 3.05) is 20.8 Å². The molecule has 0 saturated heterocycles. The molecule has 28 heavy (non-hydrogen) atoms. The molecule has 0 radical (unpaired) electrons. The van der Waals surface area contributed by atoms with E-state index >= 15 is 0 Å². The Balaban J connectivity index is 2.05. The highest BCUT2D eigenvalue weighted by Crippen LogP contribution is 2.27. The zero-order valence-electron chi connectivity index (χ0n) is 14.8. The van der Waals surface area contributed by atoms with Gasteiger partial charge in [-0.15, -0.1) is 0 Å². The summed E-state index contributed by atoms with van der Waals surface area (Å²) in [6.45, 7) is -1.61. The van der Waals surface area contributed by atoms with Gasteiger partial charge in [0.15, 0.2) is 18.1 Å². The lowest BCUT2D eigenvalue weighted by molar-refractivity contribution is -0.154. The van der Waals surface area contributed by atoms with Crippen LogP contribution in [-0.4, -0.2) is 43.8 Å². The van der Waals surface area contributed by atoms with Gasteiger partial charge in [0.1, 0.15) is 5.56 Å². The number of nitrogens with one attached hydrogen (secondary N) is 2. The van der Waals surface area contributed by atoms with E-state index in [0.29, 0.717) is 11.5 Å². The fourth-order valence-electron chi connectivity index (χ4n) is 2.06. The van der Waals surface area contributed by atoms with E-state index in [0.717, 1.165) is 0 Å². The van der Waals surface area contributed by atoms with Crippen molar-refractivity contribution in [3.05, 3.63) is 47.7 Å². The molecule has 2 aromatic rings. The molecule has 11 heteroatoms. The van der Waals surface area contributed by atoms with E-state index in [4.69, 9.17) is 9.47 Å². The zero-order valence-corrected chi connectivity index (χ0v) is 14.8. The maximum Gasteiger partial charge on any atom is 0.422 e. The molecule has 2 amide bonds. The van der Waals surface area contributed by atoms with E-state index in [1.54, 1.807) is 0 Å². The number of ether oxygens (including phenoxy) is 3. The van der Waals surface area contributed by atoms with Crippen molar-refractivity contribution < 1.29 is 37.0 Å². The molecule has 2 N–H and O–H groups in total. The Kier molecular flexibility index (Phi) is 6.64. The predicted octanol–water partition coefficient (Wildman–Crippen LogP) is 2.11. The smallest absolute Gasteiger partial charge is 0.422 e. The van der Waals surface area contributed by atoms with Crippen molar-refractivity contribution in [3.63, 3.8) is 0 Å². The van der Waals surface area contributed by atoms with Crippen LogP contribution in [0.1, 0.15) is 20.7 Å². The molecule has 0 fully saturated rings. The molecule has 0 bridgehead atoms. The monoisotopic (exact) mass is 399 g/mol. The van der Waals surface area contributed by atoms with Crippen LogP contribution in [0.25, 0.3) is 0 Å². The Morgan fingerprint density at radius 1 is 1.04 bits per heavy atom. The fourth-order valence-corrected chi connectivity index (χ4v) is 2.06. The quantitative estimate of drug-likeness (QED) is 0.722. The minimum absolute atomic E-state index is 0.151. The first kappa shape index (κ1) is 20.8. The van der Waals surface area contributed by atoms with E-state index < -0.39 is 30.5 Å². The summed E-state index contributed by atoms with van der Waals surface area (Å²) in [6.07, 6.45) is -3.42. The Labute approximate surface area is 157 Å². The molecule has 0 spiro atoms. The molecular weight excluding hydrogens is 383 g/mol. The number of amides is 2. The van der Waals surface area contributed by atoms with Gasteiger partial charge in [0.2, 0.25) is 5.88 Å². The Hall–Kier alpha value is -3.50. The number of methoxy groups -OCH3 is 2. The highest BCUT2D eigenvalue weighted by Gasteiger charge is 2.29. The summed E-state index contributed by atoms with van der Waals surface area (Å²) in [7, 11) is 2.83. The van der Waals surface area contributed by atoms with Gasteiger partial charge < -0.3 is 14.2 Å². The average Bonchev–Trinajstić information content (AvgIpc) is 2.69. The summed E-state index contributed by atoms with van der Waals surface area (Å²) < 4.78 is 51.6. The molecule has 0 atom stereocenters. The summed E-state index contributed by atoms with van der Waals surface area (Å²) >= 11 is 0. The molecule has 0 aliphatic carbocycles. The van der Waals surface area contributed by atoms with E-state index in [-0.39, 0.29) is 11.1 Å². The van der Waals surface area contributed by atoms with Gasteiger partial charge in [-0.25, -0.2) is 4.98 Å². The number of hydrazine groups is 1. The van der Waals surface area contributed by atoms with Crippen LogP contribution in [0, 0.1) is 0 Å². The number of pyridine rings is 1. The second kappa shape index (κ2) is 8.93. The lowest BCUT2D eigenvalue weighted by Crippen LogP contribution is -2.41. The van der Waals surface area contributed by atoms with Crippen LogP contribution in [0.3, 0.4) is 0 Å². The number of hydrogen-bond acceptors (Lipinski definition) is 6. The van der Waals surface area contributed by atoms with Gasteiger partial charge >= 0.3 is 6.18 Å². The summed E-state index contributed by atoms with van der Waals surface area (Å²) in [6, 6.07) is 6.87. The summed E-state index contributed by atoms with van der Waals surface area (Å²) in [5, 5.41) is 0. The summed E-state index contributed by atoms with van der Waals surface area (Å²) in [4.78, 5) is 28.0. The Morgan fingerprint density at radius 2 is 1.71 bits per heavy atom. The third kappa shape index (κ3) is 5.50. The van der Waals surface area contributed by atoms with Gasteiger partial charge in [-0.3, -0.25) is 20.4 Å². The molecule has 2 rings (SSSR count).